The molecule has 108 valence electrons. The summed E-state index contributed by atoms with van der Waals surface area (Å²) in [4.78, 5) is 30.3. The smallest absolute Gasteiger partial charge is 0.282 e. The van der Waals surface area contributed by atoms with Crippen LogP contribution < -0.4 is 5.32 Å². The van der Waals surface area contributed by atoms with Crippen LogP contribution in [0.1, 0.15) is 17.6 Å². The first kappa shape index (κ1) is 12.5. The molecule has 5 nitrogen and oxygen atoms in total. The summed E-state index contributed by atoms with van der Waals surface area (Å²) in [6.07, 6.45) is 2.01. The zero-order chi connectivity index (χ0) is 15.7. The Morgan fingerprint density at radius 3 is 3.24 bits per heavy atom. The molecule has 1 atom stereocenters. The van der Waals surface area contributed by atoms with Crippen molar-refractivity contribution in [3.05, 3.63) is 42.0 Å². The van der Waals surface area contributed by atoms with Gasteiger partial charge in [-0.05, 0) is 24.8 Å². The number of hydrogen-bond acceptors (Lipinski definition) is 4. The molecule has 3 rings (SSSR count). The fraction of sp³-hybridized carbons (Fsp3) is 0.267. The summed E-state index contributed by atoms with van der Waals surface area (Å²) in [5, 5.41) is 2.98. The second-order valence-corrected chi connectivity index (χ2v) is 5.89. The van der Waals surface area contributed by atoms with Gasteiger partial charge in [0.05, 0.1) is 17.5 Å². The molecule has 1 aliphatic heterocycles. The summed E-state index contributed by atoms with van der Waals surface area (Å²) in [6, 6.07) is 5.50. The Labute approximate surface area is 127 Å². The minimum Gasteiger partial charge on any atom is -0.336 e. The quantitative estimate of drug-likeness (QED) is 0.943. The third-order valence-electron chi connectivity index (χ3n) is 3.51. The number of amides is 2. The maximum absolute atomic E-state index is 12.5. The standard InChI is InChI=1S/C15H15N3O2S/c1-2-16-13(19)10-7-8-18(9-10)15(20)14-17-11-5-3-4-6-12(11)21-14/h2-6,10H,1,7-9H2,(H,16,19)/i3T. The first-order valence-electron chi connectivity index (χ1n) is 7.16. The summed E-state index contributed by atoms with van der Waals surface area (Å²) in [7, 11) is 0. The third kappa shape index (κ3) is 2.67. The van der Waals surface area contributed by atoms with E-state index in [1.54, 1.807) is 23.1 Å². The van der Waals surface area contributed by atoms with Gasteiger partial charge in [-0.3, -0.25) is 9.59 Å². The molecule has 0 aliphatic carbocycles. The van der Waals surface area contributed by atoms with Crippen LogP contribution in [0.4, 0.5) is 0 Å². The molecule has 2 amide bonds. The van der Waals surface area contributed by atoms with Gasteiger partial charge >= 0.3 is 0 Å². The van der Waals surface area contributed by atoms with Crippen LogP contribution in [0.5, 0.6) is 0 Å². The normalized spacial score (nSPS) is 18.6. The molecule has 0 bridgehead atoms. The van der Waals surface area contributed by atoms with E-state index in [0.29, 0.717) is 36.1 Å². The van der Waals surface area contributed by atoms with Crippen molar-refractivity contribution in [2.45, 2.75) is 6.42 Å². The molecule has 0 saturated carbocycles. The Bertz CT molecular complexity index is 758. The molecule has 0 spiro atoms. The lowest BCUT2D eigenvalue weighted by Crippen LogP contribution is -2.32. The Hall–Kier alpha value is -2.21. The zero-order valence-electron chi connectivity index (χ0n) is 12.3. The molecule has 1 unspecified atom stereocenters. The van der Waals surface area contributed by atoms with Crippen LogP contribution >= 0.6 is 11.3 Å². The van der Waals surface area contributed by atoms with Crippen LogP contribution in [0.3, 0.4) is 0 Å². The summed E-state index contributed by atoms with van der Waals surface area (Å²) in [5.74, 6) is -0.453. The maximum atomic E-state index is 12.5. The van der Waals surface area contributed by atoms with Crippen LogP contribution in [-0.4, -0.2) is 34.8 Å². The number of hydrogen-bond donors (Lipinski definition) is 1. The fourth-order valence-electron chi connectivity index (χ4n) is 2.42. The van der Waals surface area contributed by atoms with Crippen LogP contribution in [0, 0.1) is 5.92 Å². The van der Waals surface area contributed by atoms with Gasteiger partial charge < -0.3 is 10.2 Å². The summed E-state index contributed by atoms with van der Waals surface area (Å²) >= 11 is 1.32. The van der Waals surface area contributed by atoms with Gasteiger partial charge in [-0.1, -0.05) is 18.7 Å². The Kier molecular flexibility index (Phi) is 3.37. The molecule has 0 radical (unpaired) electrons. The molecule has 1 fully saturated rings. The monoisotopic (exact) mass is 303 g/mol. The van der Waals surface area contributed by atoms with E-state index in [1.807, 2.05) is 0 Å². The van der Waals surface area contributed by atoms with Gasteiger partial charge in [0, 0.05) is 13.1 Å². The number of carbonyl (C=O) groups is 2. The Balaban J connectivity index is 1.76. The van der Waals surface area contributed by atoms with Gasteiger partial charge in [0.15, 0.2) is 5.01 Å². The Morgan fingerprint density at radius 1 is 1.57 bits per heavy atom. The number of thiazole rings is 1. The number of nitrogens with zero attached hydrogens (tertiary/aromatic N) is 2. The van der Waals surface area contributed by atoms with E-state index in [0.717, 1.165) is 4.70 Å². The number of benzene rings is 1. The SMILES string of the molecule is [3H]c1ccc2sc(C(=O)N3CCC(C(=O)NC=C)C3)nc2c1. The average Bonchev–Trinajstić information content (AvgIpc) is 3.13. The highest BCUT2D eigenvalue weighted by Gasteiger charge is 2.32. The molecule has 2 aromatic rings. The first-order valence-corrected chi connectivity index (χ1v) is 7.48. The molecule has 2 heterocycles. The Morgan fingerprint density at radius 2 is 2.43 bits per heavy atom. The fourth-order valence-corrected chi connectivity index (χ4v) is 3.34. The predicted molar refractivity (Wildman–Crippen MR) is 82.0 cm³/mol. The van der Waals surface area contributed by atoms with E-state index in [1.165, 1.54) is 17.5 Å². The largest absolute Gasteiger partial charge is 0.336 e. The summed E-state index contributed by atoms with van der Waals surface area (Å²) in [5.41, 5.74) is 0.668. The molecule has 1 saturated heterocycles. The van der Waals surface area contributed by atoms with Crippen molar-refractivity contribution < 1.29 is 11.0 Å². The summed E-state index contributed by atoms with van der Waals surface area (Å²) < 4.78 is 8.48. The predicted octanol–water partition coefficient (Wildman–Crippen LogP) is 2.02. The van der Waals surface area contributed by atoms with Crippen LogP contribution in [0.15, 0.2) is 37.0 Å². The molecule has 1 N–H and O–H groups in total. The van der Waals surface area contributed by atoms with E-state index in [4.69, 9.17) is 1.37 Å². The van der Waals surface area contributed by atoms with Crippen LogP contribution in [-0.2, 0) is 4.79 Å². The topological polar surface area (TPSA) is 62.3 Å². The van der Waals surface area contributed by atoms with Crippen molar-refractivity contribution in [3.63, 3.8) is 0 Å². The molecular weight excluding hydrogens is 286 g/mol. The molecular formula is C15H15N3O2S. The van der Waals surface area contributed by atoms with Crippen molar-refractivity contribution >= 4 is 33.4 Å². The molecule has 1 aromatic heterocycles. The van der Waals surface area contributed by atoms with Crippen molar-refractivity contribution in [2.75, 3.05) is 13.1 Å². The first-order chi connectivity index (χ1) is 10.6. The van der Waals surface area contributed by atoms with E-state index in [9.17, 15) is 9.59 Å². The minimum absolute atomic E-state index is 0.103. The second kappa shape index (κ2) is 5.65. The molecule has 6 heteroatoms. The van der Waals surface area contributed by atoms with Gasteiger partial charge in [-0.15, -0.1) is 11.3 Å². The lowest BCUT2D eigenvalue weighted by molar-refractivity contribution is -0.123. The summed E-state index contributed by atoms with van der Waals surface area (Å²) in [6.45, 7) is 4.42. The van der Waals surface area contributed by atoms with Crippen molar-refractivity contribution in [1.82, 2.24) is 15.2 Å². The van der Waals surface area contributed by atoms with Gasteiger partial charge in [-0.25, -0.2) is 4.98 Å². The average molecular weight is 303 g/mol. The number of aromatic nitrogens is 1. The van der Waals surface area contributed by atoms with Gasteiger partial charge in [0.2, 0.25) is 5.91 Å². The van der Waals surface area contributed by atoms with Gasteiger partial charge in [-0.2, -0.15) is 0 Å². The number of rotatable bonds is 3. The number of para-hydroxylation sites is 1. The van der Waals surface area contributed by atoms with Crippen molar-refractivity contribution in [3.8, 4) is 0 Å². The number of likely N-dealkylation sites (tertiary alicyclic amines) is 1. The number of carbonyl (C=O) groups excluding carboxylic acids is 2. The van der Waals surface area contributed by atoms with Crippen LogP contribution in [0.2, 0.25) is 0 Å². The lowest BCUT2D eigenvalue weighted by Gasteiger charge is -2.14. The van der Waals surface area contributed by atoms with E-state index < -0.39 is 0 Å². The van der Waals surface area contributed by atoms with E-state index in [2.05, 4.69) is 16.9 Å². The van der Waals surface area contributed by atoms with Gasteiger partial charge in [0.25, 0.3) is 5.91 Å². The van der Waals surface area contributed by atoms with Gasteiger partial charge in [0.1, 0.15) is 0 Å². The molecule has 1 aromatic carbocycles. The zero-order valence-corrected chi connectivity index (χ0v) is 12.2. The minimum atomic E-state index is -0.198. The van der Waals surface area contributed by atoms with E-state index in [-0.39, 0.29) is 17.7 Å². The highest BCUT2D eigenvalue weighted by Crippen LogP contribution is 2.25. The third-order valence-corrected chi connectivity index (χ3v) is 4.53. The maximum Gasteiger partial charge on any atom is 0.282 e. The van der Waals surface area contributed by atoms with E-state index >= 15 is 0 Å². The van der Waals surface area contributed by atoms with Crippen molar-refractivity contribution in [2.24, 2.45) is 5.92 Å². The second-order valence-electron chi connectivity index (χ2n) is 4.86. The molecule has 21 heavy (non-hydrogen) atoms. The van der Waals surface area contributed by atoms with Crippen LogP contribution in [0.25, 0.3) is 10.2 Å². The molecule has 1 aliphatic rings. The highest BCUT2D eigenvalue weighted by atomic mass is 32.1. The lowest BCUT2D eigenvalue weighted by atomic mass is 10.1. The van der Waals surface area contributed by atoms with Crippen molar-refractivity contribution in [1.29, 1.82) is 0 Å². The highest BCUT2D eigenvalue weighted by molar-refractivity contribution is 7.20. The number of fused-ring (bicyclic) bond motifs is 1. The number of nitrogens with one attached hydrogen (secondary N) is 1.